The topological polar surface area (TPSA) is 86.4 Å². The highest BCUT2D eigenvalue weighted by molar-refractivity contribution is 9.10. The van der Waals surface area contributed by atoms with Crippen molar-refractivity contribution in [3.63, 3.8) is 0 Å². The smallest absolute Gasteiger partial charge is 0.274 e. The Labute approximate surface area is 160 Å². The number of amides is 1. The number of rotatable bonds is 4. The van der Waals surface area contributed by atoms with Crippen LogP contribution in [0, 0.1) is 0 Å². The molecule has 0 bridgehead atoms. The summed E-state index contributed by atoms with van der Waals surface area (Å²) in [7, 11) is -3.54. The minimum absolute atomic E-state index is 0.145. The van der Waals surface area contributed by atoms with Gasteiger partial charge in [-0.05, 0) is 43.2 Å². The number of sulfonamides is 1. The second-order valence-electron chi connectivity index (χ2n) is 6.63. The molecule has 4 rings (SSSR count). The molecular weight excluding hydrogens is 420 g/mol. The Morgan fingerprint density at radius 3 is 2.38 bits per heavy atom. The molecule has 1 saturated heterocycles. The van der Waals surface area contributed by atoms with Crippen molar-refractivity contribution in [3.8, 4) is 0 Å². The van der Waals surface area contributed by atoms with E-state index in [4.69, 9.17) is 0 Å². The average molecular weight is 439 g/mol. The predicted molar refractivity (Wildman–Crippen MR) is 99.4 cm³/mol. The SMILES string of the molecule is O=C(c1cc(C2CC2)[nH]n1)N1CCN(S(=O)(=O)c2ccc(Br)cc2)CC1. The van der Waals surface area contributed by atoms with Crippen molar-refractivity contribution in [2.45, 2.75) is 23.7 Å². The number of hydrogen-bond acceptors (Lipinski definition) is 4. The molecule has 0 spiro atoms. The van der Waals surface area contributed by atoms with Crippen LogP contribution in [0.4, 0.5) is 0 Å². The van der Waals surface area contributed by atoms with E-state index in [2.05, 4.69) is 26.1 Å². The third-order valence-corrected chi connectivity index (χ3v) is 7.25. The van der Waals surface area contributed by atoms with Gasteiger partial charge in [0.2, 0.25) is 10.0 Å². The average Bonchev–Trinajstić information content (AvgIpc) is 3.38. The number of aromatic amines is 1. The molecule has 1 amide bonds. The molecule has 1 aromatic heterocycles. The van der Waals surface area contributed by atoms with Crippen LogP contribution in [0.25, 0.3) is 0 Å². The van der Waals surface area contributed by atoms with Gasteiger partial charge in [-0.25, -0.2) is 8.42 Å². The lowest BCUT2D eigenvalue weighted by Gasteiger charge is -2.33. The monoisotopic (exact) mass is 438 g/mol. The van der Waals surface area contributed by atoms with Crippen molar-refractivity contribution >= 4 is 31.9 Å². The van der Waals surface area contributed by atoms with Crippen LogP contribution in [0.5, 0.6) is 0 Å². The van der Waals surface area contributed by atoms with E-state index in [1.165, 1.54) is 4.31 Å². The summed E-state index contributed by atoms with van der Waals surface area (Å²) >= 11 is 3.31. The molecule has 1 N–H and O–H groups in total. The van der Waals surface area contributed by atoms with Crippen LogP contribution in [0.15, 0.2) is 39.7 Å². The third kappa shape index (κ3) is 3.43. The Morgan fingerprint density at radius 2 is 1.77 bits per heavy atom. The number of carbonyl (C=O) groups excluding carboxylic acids is 1. The number of nitrogens with zero attached hydrogens (tertiary/aromatic N) is 3. The molecule has 0 radical (unpaired) electrons. The molecule has 2 aliphatic rings. The van der Waals surface area contributed by atoms with Gasteiger partial charge >= 0.3 is 0 Å². The maximum absolute atomic E-state index is 12.7. The van der Waals surface area contributed by atoms with Crippen LogP contribution in [-0.4, -0.2) is 59.9 Å². The highest BCUT2D eigenvalue weighted by Crippen LogP contribution is 2.39. The highest BCUT2D eigenvalue weighted by Gasteiger charge is 2.32. The summed E-state index contributed by atoms with van der Waals surface area (Å²) in [6.07, 6.45) is 2.28. The number of H-pyrrole nitrogens is 1. The van der Waals surface area contributed by atoms with Crippen molar-refractivity contribution in [1.29, 1.82) is 0 Å². The first-order chi connectivity index (χ1) is 12.4. The number of hydrogen-bond donors (Lipinski definition) is 1. The Kier molecular flexibility index (Phi) is 4.62. The molecule has 2 fully saturated rings. The zero-order valence-electron chi connectivity index (χ0n) is 14.1. The molecule has 0 unspecified atom stereocenters. The van der Waals surface area contributed by atoms with Crippen molar-refractivity contribution in [2.75, 3.05) is 26.2 Å². The zero-order chi connectivity index (χ0) is 18.3. The maximum Gasteiger partial charge on any atom is 0.274 e. The normalized spacial score (nSPS) is 18.9. The van der Waals surface area contributed by atoms with Crippen LogP contribution in [-0.2, 0) is 10.0 Å². The van der Waals surface area contributed by atoms with Crippen LogP contribution < -0.4 is 0 Å². The summed E-state index contributed by atoms with van der Waals surface area (Å²) in [5.41, 5.74) is 1.43. The van der Waals surface area contributed by atoms with Gasteiger partial charge in [0.1, 0.15) is 5.69 Å². The van der Waals surface area contributed by atoms with Crippen molar-refractivity contribution in [2.24, 2.45) is 0 Å². The van der Waals surface area contributed by atoms with Gasteiger partial charge in [0.25, 0.3) is 5.91 Å². The number of aromatic nitrogens is 2. The zero-order valence-corrected chi connectivity index (χ0v) is 16.5. The molecule has 26 heavy (non-hydrogen) atoms. The number of nitrogens with one attached hydrogen (secondary N) is 1. The van der Waals surface area contributed by atoms with Crippen LogP contribution in [0.2, 0.25) is 0 Å². The van der Waals surface area contributed by atoms with E-state index in [1.54, 1.807) is 29.2 Å². The number of halogens is 1. The summed E-state index contributed by atoms with van der Waals surface area (Å²) < 4.78 is 27.7. The van der Waals surface area contributed by atoms with Crippen LogP contribution >= 0.6 is 15.9 Å². The van der Waals surface area contributed by atoms with Gasteiger partial charge in [-0.3, -0.25) is 9.89 Å². The molecule has 1 aliphatic heterocycles. The van der Waals surface area contributed by atoms with E-state index in [-0.39, 0.29) is 23.9 Å². The number of carbonyl (C=O) groups is 1. The minimum Gasteiger partial charge on any atom is -0.335 e. The van der Waals surface area contributed by atoms with E-state index < -0.39 is 10.0 Å². The largest absolute Gasteiger partial charge is 0.335 e. The van der Waals surface area contributed by atoms with E-state index in [1.807, 2.05) is 6.07 Å². The molecular formula is C17H19BrN4O3S. The van der Waals surface area contributed by atoms with Gasteiger partial charge in [0.15, 0.2) is 0 Å². The first kappa shape index (κ1) is 17.7. The lowest BCUT2D eigenvalue weighted by Crippen LogP contribution is -2.50. The molecule has 9 heteroatoms. The predicted octanol–water partition coefficient (Wildman–Crippen LogP) is 2.20. The molecule has 0 atom stereocenters. The minimum atomic E-state index is -3.54. The van der Waals surface area contributed by atoms with Gasteiger partial charge in [-0.15, -0.1) is 0 Å². The van der Waals surface area contributed by atoms with Crippen molar-refractivity contribution in [1.82, 2.24) is 19.4 Å². The van der Waals surface area contributed by atoms with E-state index in [0.717, 1.165) is 23.0 Å². The number of benzene rings is 1. The Balaban J connectivity index is 1.41. The summed E-state index contributed by atoms with van der Waals surface area (Å²) in [6.45, 7) is 1.29. The van der Waals surface area contributed by atoms with Crippen LogP contribution in [0.3, 0.4) is 0 Å². The van der Waals surface area contributed by atoms with Gasteiger partial charge < -0.3 is 4.90 Å². The highest BCUT2D eigenvalue weighted by atomic mass is 79.9. The molecule has 1 aliphatic carbocycles. The quantitative estimate of drug-likeness (QED) is 0.792. The Morgan fingerprint density at radius 1 is 1.12 bits per heavy atom. The molecule has 2 heterocycles. The van der Waals surface area contributed by atoms with E-state index in [0.29, 0.717) is 24.7 Å². The molecule has 1 saturated carbocycles. The fourth-order valence-electron chi connectivity index (χ4n) is 3.10. The Bertz CT molecular complexity index is 914. The summed E-state index contributed by atoms with van der Waals surface area (Å²) in [5, 5.41) is 7.06. The van der Waals surface area contributed by atoms with E-state index in [9.17, 15) is 13.2 Å². The molecule has 2 aromatic rings. The second-order valence-corrected chi connectivity index (χ2v) is 9.49. The standard InChI is InChI=1S/C17H19BrN4O3S/c18-13-3-5-14(6-4-13)26(24,25)22-9-7-21(8-10-22)17(23)16-11-15(19-20-16)12-1-2-12/h3-6,11-12H,1-2,7-10H2,(H,19,20). The van der Waals surface area contributed by atoms with Gasteiger partial charge in [0.05, 0.1) is 4.90 Å². The van der Waals surface area contributed by atoms with Crippen LogP contribution in [0.1, 0.15) is 34.9 Å². The van der Waals surface area contributed by atoms with Gasteiger partial charge in [0, 0.05) is 42.3 Å². The summed E-state index contributed by atoms with van der Waals surface area (Å²) in [5.74, 6) is 0.366. The van der Waals surface area contributed by atoms with Gasteiger partial charge in [-0.1, -0.05) is 15.9 Å². The van der Waals surface area contributed by atoms with Crippen molar-refractivity contribution < 1.29 is 13.2 Å². The third-order valence-electron chi connectivity index (χ3n) is 4.81. The fraction of sp³-hybridized carbons (Fsp3) is 0.412. The van der Waals surface area contributed by atoms with Crippen molar-refractivity contribution in [3.05, 3.63) is 46.2 Å². The van der Waals surface area contributed by atoms with Gasteiger partial charge in [-0.2, -0.15) is 9.40 Å². The molecule has 1 aromatic carbocycles. The van der Waals surface area contributed by atoms with E-state index >= 15 is 0 Å². The lowest BCUT2D eigenvalue weighted by molar-refractivity contribution is 0.0692. The first-order valence-electron chi connectivity index (χ1n) is 8.55. The Hall–Kier alpha value is -1.71. The lowest BCUT2D eigenvalue weighted by atomic mass is 10.2. The second kappa shape index (κ2) is 6.79. The molecule has 7 nitrogen and oxygen atoms in total. The molecule has 138 valence electrons. The summed E-state index contributed by atoms with van der Waals surface area (Å²) in [4.78, 5) is 14.5. The maximum atomic E-state index is 12.7. The fourth-order valence-corrected chi connectivity index (χ4v) is 4.79. The first-order valence-corrected chi connectivity index (χ1v) is 10.8. The number of piperazine rings is 1. The summed E-state index contributed by atoms with van der Waals surface area (Å²) in [6, 6.07) is 8.41.